The smallest absolute Gasteiger partial charge is 0.274 e. The number of carbonyl (C=O) groups excluding carboxylic acids is 1. The van der Waals surface area contributed by atoms with Crippen LogP contribution >= 0.6 is 11.3 Å². The normalized spacial score (nSPS) is 14.5. The fourth-order valence-corrected chi connectivity index (χ4v) is 3.39. The molecule has 0 unspecified atom stereocenters. The molecule has 4 rings (SSSR count). The molecular weight excluding hydrogens is 303 g/mol. The maximum atomic E-state index is 13.3. The van der Waals surface area contributed by atoms with Gasteiger partial charge in [-0.25, -0.2) is 4.39 Å². The average Bonchev–Trinajstić information content (AvgIpc) is 3.16. The van der Waals surface area contributed by atoms with E-state index in [1.807, 2.05) is 0 Å². The molecule has 1 aromatic carbocycles. The zero-order valence-electron chi connectivity index (χ0n) is 11.8. The number of anilines is 1. The molecule has 0 atom stereocenters. The van der Waals surface area contributed by atoms with Gasteiger partial charge in [0.1, 0.15) is 16.5 Å². The van der Waals surface area contributed by atoms with Gasteiger partial charge in [-0.3, -0.25) is 10.1 Å². The number of nitrogens with one attached hydrogen (secondary N) is 1. The minimum Gasteiger partial charge on any atom is -0.340 e. The van der Waals surface area contributed by atoms with E-state index in [0.29, 0.717) is 22.1 Å². The molecule has 112 valence electrons. The van der Waals surface area contributed by atoms with Crippen LogP contribution in [0, 0.1) is 5.82 Å². The summed E-state index contributed by atoms with van der Waals surface area (Å²) in [5, 5.41) is 13.1. The van der Waals surface area contributed by atoms with Gasteiger partial charge in [0.15, 0.2) is 0 Å². The summed E-state index contributed by atoms with van der Waals surface area (Å²) in [6, 6.07) is 6.15. The maximum Gasteiger partial charge on any atom is 0.274 e. The zero-order valence-corrected chi connectivity index (χ0v) is 12.7. The van der Waals surface area contributed by atoms with Gasteiger partial charge in [-0.1, -0.05) is 11.3 Å². The molecule has 2 aromatic heterocycles. The highest BCUT2D eigenvalue weighted by Crippen LogP contribution is 2.42. The lowest BCUT2D eigenvalue weighted by Gasteiger charge is -2.03. The molecule has 0 saturated heterocycles. The number of aryl methyl sites for hydroxylation is 1. The quantitative estimate of drug-likeness (QED) is 0.806. The van der Waals surface area contributed by atoms with Gasteiger partial charge in [-0.05, 0) is 37.1 Å². The lowest BCUT2D eigenvalue weighted by molar-refractivity contribution is 0.101. The van der Waals surface area contributed by atoms with Crippen molar-refractivity contribution in [3.8, 4) is 0 Å². The summed E-state index contributed by atoms with van der Waals surface area (Å²) in [6.45, 7) is 0. The second-order valence-corrected chi connectivity index (χ2v) is 6.47. The van der Waals surface area contributed by atoms with Crippen molar-refractivity contribution >= 4 is 33.3 Å². The number of rotatable bonds is 3. The van der Waals surface area contributed by atoms with Crippen molar-refractivity contribution < 1.29 is 9.18 Å². The van der Waals surface area contributed by atoms with Crippen LogP contribution in [-0.2, 0) is 7.05 Å². The first-order valence-electron chi connectivity index (χ1n) is 7.01. The molecule has 7 heteroatoms. The fraction of sp³-hybridized carbons (Fsp3) is 0.267. The Hall–Kier alpha value is -2.28. The Labute approximate surface area is 129 Å². The van der Waals surface area contributed by atoms with E-state index in [2.05, 4.69) is 15.5 Å². The lowest BCUT2D eigenvalue weighted by atomic mass is 10.2. The predicted molar refractivity (Wildman–Crippen MR) is 82.7 cm³/mol. The number of halogens is 1. The molecule has 1 aliphatic carbocycles. The molecule has 5 nitrogen and oxygen atoms in total. The third kappa shape index (κ3) is 2.27. The standard InChI is InChI=1S/C15H13FN4OS/c1-20-11-5-4-10(16)6-9(11)7-12(20)13(21)17-15-19-18-14(22-15)8-2-3-8/h4-8H,2-3H2,1H3,(H,17,19,21). The van der Waals surface area contributed by atoms with Crippen molar-refractivity contribution in [1.82, 2.24) is 14.8 Å². The van der Waals surface area contributed by atoms with Crippen LogP contribution in [0.25, 0.3) is 10.9 Å². The number of hydrogen-bond donors (Lipinski definition) is 1. The number of aromatic nitrogens is 3. The van der Waals surface area contributed by atoms with Crippen molar-refractivity contribution in [2.24, 2.45) is 7.05 Å². The summed E-state index contributed by atoms with van der Waals surface area (Å²) in [4.78, 5) is 12.4. The van der Waals surface area contributed by atoms with Crippen molar-refractivity contribution in [3.05, 3.63) is 40.8 Å². The molecule has 1 N–H and O–H groups in total. The molecule has 1 fully saturated rings. The topological polar surface area (TPSA) is 59.8 Å². The van der Waals surface area contributed by atoms with Crippen LogP contribution in [0.5, 0.6) is 0 Å². The third-order valence-corrected chi connectivity index (χ3v) is 4.83. The molecule has 0 radical (unpaired) electrons. The highest BCUT2D eigenvalue weighted by molar-refractivity contribution is 7.15. The Kier molecular flexibility index (Phi) is 2.97. The van der Waals surface area contributed by atoms with E-state index in [0.717, 1.165) is 23.4 Å². The summed E-state index contributed by atoms with van der Waals surface area (Å²) in [6.07, 6.45) is 2.30. The van der Waals surface area contributed by atoms with Crippen molar-refractivity contribution in [3.63, 3.8) is 0 Å². The largest absolute Gasteiger partial charge is 0.340 e. The number of fused-ring (bicyclic) bond motifs is 1. The van der Waals surface area contributed by atoms with E-state index >= 15 is 0 Å². The Morgan fingerprint density at radius 3 is 2.95 bits per heavy atom. The van der Waals surface area contributed by atoms with Gasteiger partial charge in [-0.15, -0.1) is 10.2 Å². The number of benzene rings is 1. The number of hydrogen-bond acceptors (Lipinski definition) is 4. The monoisotopic (exact) mass is 316 g/mol. The Morgan fingerprint density at radius 1 is 1.36 bits per heavy atom. The van der Waals surface area contributed by atoms with Crippen LogP contribution in [0.3, 0.4) is 0 Å². The molecule has 1 saturated carbocycles. The van der Waals surface area contributed by atoms with Crippen LogP contribution in [0.4, 0.5) is 9.52 Å². The third-order valence-electron chi connectivity index (χ3n) is 3.82. The Morgan fingerprint density at radius 2 is 2.18 bits per heavy atom. The lowest BCUT2D eigenvalue weighted by Crippen LogP contribution is -2.15. The minimum atomic E-state index is -0.316. The van der Waals surface area contributed by atoms with E-state index in [1.54, 1.807) is 23.7 Å². The van der Waals surface area contributed by atoms with E-state index < -0.39 is 0 Å². The Balaban J connectivity index is 1.62. The molecular formula is C15H13FN4OS. The summed E-state index contributed by atoms with van der Waals surface area (Å²) in [5.74, 6) is -0.0652. The van der Waals surface area contributed by atoms with Gasteiger partial charge < -0.3 is 4.57 Å². The van der Waals surface area contributed by atoms with Crippen molar-refractivity contribution in [1.29, 1.82) is 0 Å². The highest BCUT2D eigenvalue weighted by atomic mass is 32.1. The second-order valence-electron chi connectivity index (χ2n) is 5.47. The van der Waals surface area contributed by atoms with Gasteiger partial charge in [0, 0.05) is 23.9 Å². The predicted octanol–water partition coefficient (Wildman–Crippen LogP) is 3.30. The molecule has 0 spiro atoms. The van der Waals surface area contributed by atoms with Gasteiger partial charge in [0.2, 0.25) is 5.13 Å². The highest BCUT2D eigenvalue weighted by Gasteiger charge is 2.28. The number of amides is 1. The molecule has 1 aliphatic rings. The fourth-order valence-electron chi connectivity index (χ4n) is 2.48. The first-order chi connectivity index (χ1) is 10.6. The summed E-state index contributed by atoms with van der Waals surface area (Å²) in [7, 11) is 1.78. The van der Waals surface area contributed by atoms with E-state index in [1.165, 1.54) is 23.5 Å². The van der Waals surface area contributed by atoms with E-state index in [-0.39, 0.29) is 11.7 Å². The average molecular weight is 316 g/mol. The molecule has 3 aromatic rings. The van der Waals surface area contributed by atoms with Crippen LogP contribution in [-0.4, -0.2) is 20.7 Å². The van der Waals surface area contributed by atoms with Gasteiger partial charge >= 0.3 is 0 Å². The minimum absolute atomic E-state index is 0.266. The molecule has 22 heavy (non-hydrogen) atoms. The van der Waals surface area contributed by atoms with Crippen LogP contribution in [0.15, 0.2) is 24.3 Å². The first kappa shape index (κ1) is 13.4. The van der Waals surface area contributed by atoms with Gasteiger partial charge in [0.25, 0.3) is 5.91 Å². The van der Waals surface area contributed by atoms with Gasteiger partial charge in [-0.2, -0.15) is 0 Å². The molecule has 0 aliphatic heterocycles. The second kappa shape index (κ2) is 4.88. The van der Waals surface area contributed by atoms with E-state index in [9.17, 15) is 9.18 Å². The number of carbonyl (C=O) groups is 1. The SMILES string of the molecule is Cn1c(C(=O)Nc2nnc(C3CC3)s2)cc2cc(F)ccc21. The molecule has 1 amide bonds. The summed E-state index contributed by atoms with van der Waals surface area (Å²) in [5.41, 5.74) is 1.27. The Bertz CT molecular complexity index is 881. The summed E-state index contributed by atoms with van der Waals surface area (Å²) < 4.78 is 15.0. The molecule has 2 heterocycles. The van der Waals surface area contributed by atoms with Crippen LogP contribution < -0.4 is 5.32 Å². The summed E-state index contributed by atoms with van der Waals surface area (Å²) >= 11 is 1.42. The first-order valence-corrected chi connectivity index (χ1v) is 7.83. The van der Waals surface area contributed by atoms with Crippen LogP contribution in [0.2, 0.25) is 0 Å². The number of nitrogens with zero attached hydrogens (tertiary/aromatic N) is 3. The van der Waals surface area contributed by atoms with Gasteiger partial charge in [0.05, 0.1) is 0 Å². The maximum absolute atomic E-state index is 13.3. The van der Waals surface area contributed by atoms with Crippen LogP contribution in [0.1, 0.15) is 34.3 Å². The van der Waals surface area contributed by atoms with Crippen molar-refractivity contribution in [2.45, 2.75) is 18.8 Å². The van der Waals surface area contributed by atoms with Crippen molar-refractivity contribution in [2.75, 3.05) is 5.32 Å². The molecule has 0 bridgehead atoms. The van der Waals surface area contributed by atoms with E-state index in [4.69, 9.17) is 0 Å². The zero-order chi connectivity index (χ0) is 15.3.